The first-order valence-electron chi connectivity index (χ1n) is 6.40. The Morgan fingerprint density at radius 2 is 0.667 bits per heavy atom. The number of nitrogens with zero attached hydrogens (tertiary/aromatic N) is 3. The van der Waals surface area contributed by atoms with Crippen LogP contribution in [0.1, 0.15) is 0 Å². The highest BCUT2D eigenvalue weighted by atomic mass is 15.1. The lowest BCUT2D eigenvalue weighted by Crippen LogP contribution is -2.12. The molecule has 0 spiro atoms. The highest BCUT2D eigenvalue weighted by Crippen LogP contribution is 2.31. The van der Waals surface area contributed by atoms with E-state index in [1.165, 1.54) is 0 Å². The third-order valence-corrected chi connectivity index (χ3v) is 2.96. The van der Waals surface area contributed by atoms with Crippen LogP contribution >= 0.6 is 0 Å². The largest absolute Gasteiger partial charge is 0.325 e. The van der Waals surface area contributed by atoms with Gasteiger partial charge < -0.3 is 14.7 Å². The quantitative estimate of drug-likeness (QED) is 0.632. The van der Waals surface area contributed by atoms with Gasteiger partial charge in [-0.2, -0.15) is 0 Å². The smallest absolute Gasteiger partial charge is 0.0490 e. The summed E-state index contributed by atoms with van der Waals surface area (Å²) in [5, 5.41) is 0. The molecule has 21 heavy (non-hydrogen) atoms. The summed E-state index contributed by atoms with van der Waals surface area (Å²) < 4.78 is 0. The van der Waals surface area contributed by atoms with E-state index in [2.05, 4.69) is 39.5 Å². The van der Waals surface area contributed by atoms with Crippen LogP contribution in [0.4, 0.5) is 17.1 Å². The molecule has 3 heteroatoms. The molecule has 0 bridgehead atoms. The Labute approximate surface area is 127 Å². The van der Waals surface area contributed by atoms with Crippen LogP contribution in [0.5, 0.6) is 0 Å². The molecule has 0 atom stereocenters. The van der Waals surface area contributed by atoms with Gasteiger partial charge in [0.15, 0.2) is 0 Å². The van der Waals surface area contributed by atoms with E-state index in [1.54, 1.807) is 37.2 Å². The molecule has 1 rings (SSSR count). The predicted molar refractivity (Wildman–Crippen MR) is 95.1 cm³/mol. The number of anilines is 3. The van der Waals surface area contributed by atoms with Gasteiger partial charge in [0, 0.05) is 54.3 Å². The van der Waals surface area contributed by atoms with Gasteiger partial charge in [-0.25, -0.2) is 0 Å². The van der Waals surface area contributed by atoms with Gasteiger partial charge in [0.05, 0.1) is 0 Å². The van der Waals surface area contributed by atoms with Crippen LogP contribution in [0.25, 0.3) is 0 Å². The van der Waals surface area contributed by atoms with Crippen molar-refractivity contribution in [3.8, 4) is 0 Å². The molecule has 0 amide bonds. The first-order chi connectivity index (χ1) is 10.1. The summed E-state index contributed by atoms with van der Waals surface area (Å²) in [5.41, 5.74) is 2.74. The number of rotatable bonds is 9. The Morgan fingerprint density at radius 1 is 0.476 bits per heavy atom. The van der Waals surface area contributed by atoms with Crippen molar-refractivity contribution in [3.05, 3.63) is 94.9 Å². The second kappa shape index (κ2) is 7.60. The highest BCUT2D eigenvalue weighted by molar-refractivity contribution is 5.73. The van der Waals surface area contributed by atoms with E-state index < -0.39 is 0 Å². The van der Waals surface area contributed by atoms with Gasteiger partial charge >= 0.3 is 0 Å². The third kappa shape index (κ3) is 3.54. The molecular weight excluding hydrogens is 258 g/mol. The maximum absolute atomic E-state index is 3.78. The van der Waals surface area contributed by atoms with Crippen LogP contribution in [0.3, 0.4) is 0 Å². The summed E-state index contributed by atoms with van der Waals surface area (Å²) in [7, 11) is 0. The molecule has 0 radical (unpaired) electrons. The Morgan fingerprint density at radius 3 is 0.810 bits per heavy atom. The number of benzene rings is 1. The zero-order valence-corrected chi connectivity index (χ0v) is 12.3. The minimum absolute atomic E-state index is 0.912. The Hall–Kier alpha value is -2.94. The molecule has 0 aliphatic rings. The van der Waals surface area contributed by atoms with Crippen molar-refractivity contribution < 1.29 is 0 Å². The molecule has 0 fully saturated rings. The van der Waals surface area contributed by atoms with Gasteiger partial charge in [-0.1, -0.05) is 39.5 Å². The summed E-state index contributed by atoms with van der Waals surface area (Å²) in [4.78, 5) is 5.46. The molecule has 0 aliphatic carbocycles. The van der Waals surface area contributed by atoms with E-state index in [-0.39, 0.29) is 0 Å². The molecule has 3 nitrogen and oxygen atoms in total. The molecule has 0 saturated heterocycles. The van der Waals surface area contributed by atoms with Crippen molar-refractivity contribution in [1.82, 2.24) is 0 Å². The van der Waals surface area contributed by atoms with E-state index in [1.807, 2.05) is 32.9 Å². The maximum Gasteiger partial charge on any atom is 0.0490 e. The van der Waals surface area contributed by atoms with Crippen LogP contribution in [0, 0.1) is 0 Å². The highest BCUT2D eigenvalue weighted by Gasteiger charge is 2.09. The third-order valence-electron chi connectivity index (χ3n) is 2.96. The summed E-state index contributed by atoms with van der Waals surface area (Å²) >= 11 is 0. The van der Waals surface area contributed by atoms with E-state index in [0.29, 0.717) is 0 Å². The molecule has 0 aromatic heterocycles. The standard InChI is InChI=1S/C18H21N3/c1-7-19(8-2)16-13-17(20(9-3)10-4)15-18(14-16)21(11-5)12-6/h7-15H,1-6H2. The van der Waals surface area contributed by atoms with Gasteiger partial charge in [0.1, 0.15) is 0 Å². The number of hydrogen-bond acceptors (Lipinski definition) is 3. The molecule has 0 aliphatic heterocycles. The first-order valence-corrected chi connectivity index (χ1v) is 6.40. The first kappa shape index (κ1) is 16.1. The van der Waals surface area contributed by atoms with E-state index in [0.717, 1.165) is 17.1 Å². The van der Waals surface area contributed by atoms with Crippen molar-refractivity contribution in [2.75, 3.05) is 14.7 Å². The molecule has 0 heterocycles. The average Bonchev–Trinajstić information content (AvgIpc) is 2.51. The fraction of sp³-hybridized carbons (Fsp3) is 0. The average molecular weight is 279 g/mol. The van der Waals surface area contributed by atoms with Gasteiger partial charge in [-0.05, 0) is 18.2 Å². The SMILES string of the molecule is C=CN(C=C)c1cc(N(C=C)C=C)cc(N(C=C)C=C)c1. The molecule has 0 unspecified atom stereocenters. The minimum Gasteiger partial charge on any atom is -0.325 e. The fourth-order valence-electron chi connectivity index (χ4n) is 1.88. The lowest BCUT2D eigenvalue weighted by Gasteiger charge is -2.24. The predicted octanol–water partition coefficient (Wildman–Crippen LogP) is 4.97. The van der Waals surface area contributed by atoms with Gasteiger partial charge in [0.25, 0.3) is 0 Å². The van der Waals surface area contributed by atoms with Crippen molar-refractivity contribution in [2.45, 2.75) is 0 Å². The van der Waals surface area contributed by atoms with Crippen LogP contribution in [0.2, 0.25) is 0 Å². The number of hydrogen-bond donors (Lipinski definition) is 0. The van der Waals surface area contributed by atoms with Crippen molar-refractivity contribution >= 4 is 17.1 Å². The zero-order valence-electron chi connectivity index (χ0n) is 12.3. The van der Waals surface area contributed by atoms with Gasteiger partial charge in [-0.15, -0.1) is 0 Å². The Kier molecular flexibility index (Phi) is 5.83. The molecular formula is C18H21N3. The zero-order chi connectivity index (χ0) is 15.8. The molecule has 1 aromatic rings. The molecule has 1 aromatic carbocycles. The normalized spacial score (nSPS) is 9.14. The minimum atomic E-state index is 0.912. The van der Waals surface area contributed by atoms with Crippen molar-refractivity contribution in [3.63, 3.8) is 0 Å². The Bertz CT molecular complexity index is 455. The summed E-state index contributed by atoms with van der Waals surface area (Å²) in [5.74, 6) is 0. The summed E-state index contributed by atoms with van der Waals surface area (Å²) in [6, 6.07) is 5.96. The second-order valence-electron chi connectivity index (χ2n) is 4.02. The van der Waals surface area contributed by atoms with Gasteiger partial charge in [-0.3, -0.25) is 0 Å². The Balaban J connectivity index is 3.50. The second-order valence-corrected chi connectivity index (χ2v) is 4.02. The van der Waals surface area contributed by atoms with Gasteiger partial charge in [0.2, 0.25) is 0 Å². The van der Waals surface area contributed by atoms with Crippen molar-refractivity contribution in [2.24, 2.45) is 0 Å². The molecule has 0 saturated carbocycles. The summed E-state index contributed by atoms with van der Waals surface area (Å²) in [6.07, 6.45) is 10.1. The fourth-order valence-corrected chi connectivity index (χ4v) is 1.88. The lowest BCUT2D eigenvalue weighted by molar-refractivity contribution is 1.23. The molecule has 108 valence electrons. The monoisotopic (exact) mass is 279 g/mol. The van der Waals surface area contributed by atoms with E-state index in [9.17, 15) is 0 Å². The van der Waals surface area contributed by atoms with E-state index in [4.69, 9.17) is 0 Å². The van der Waals surface area contributed by atoms with E-state index >= 15 is 0 Å². The van der Waals surface area contributed by atoms with Crippen LogP contribution in [-0.2, 0) is 0 Å². The molecule has 0 N–H and O–H groups in total. The maximum atomic E-state index is 3.78. The summed E-state index contributed by atoms with van der Waals surface area (Å²) in [6.45, 7) is 22.7. The van der Waals surface area contributed by atoms with Crippen LogP contribution < -0.4 is 14.7 Å². The topological polar surface area (TPSA) is 9.72 Å². The van der Waals surface area contributed by atoms with Crippen LogP contribution in [0.15, 0.2) is 94.9 Å². The van der Waals surface area contributed by atoms with Crippen LogP contribution in [-0.4, -0.2) is 0 Å². The lowest BCUT2D eigenvalue weighted by atomic mass is 10.2. The van der Waals surface area contributed by atoms with Crippen molar-refractivity contribution in [1.29, 1.82) is 0 Å².